The Morgan fingerprint density at radius 1 is 0.627 bits per heavy atom. The SMILES string of the molecule is CC(C)(C)OC(=O)N1CCc2ccccc2C1CN.CN1CCc2ccccc2C1CNc1nn(C)c(=O)n(C)c1=O.Cn1nc(Br)c(=O)n(C)c1=O.Cn1nc(NCC2NCCc3ccccc32)c(=O)n(C)c1=O. The maximum absolute atomic E-state index is 12.2. The monoisotopic (exact) mass is 1100 g/mol. The van der Waals surface area contributed by atoms with Crippen molar-refractivity contribution in [2.24, 2.45) is 48.0 Å². The lowest BCUT2D eigenvalue weighted by Crippen LogP contribution is -2.45. The minimum Gasteiger partial charge on any atom is -0.444 e. The molecule has 0 aliphatic carbocycles. The quantitative estimate of drug-likeness (QED) is 0.177. The lowest BCUT2D eigenvalue weighted by Gasteiger charge is -2.37. The first kappa shape index (κ1) is 57.0. The van der Waals surface area contributed by atoms with Gasteiger partial charge in [-0.2, -0.15) is 5.10 Å². The lowest BCUT2D eigenvalue weighted by atomic mass is 9.93. The van der Waals surface area contributed by atoms with E-state index < -0.39 is 39.3 Å². The van der Waals surface area contributed by atoms with Crippen molar-refractivity contribution in [1.29, 1.82) is 0 Å². The Kier molecular flexibility index (Phi) is 18.9. The Bertz CT molecular complexity index is 3340. The second-order valence-corrected chi connectivity index (χ2v) is 20.1. The summed E-state index contributed by atoms with van der Waals surface area (Å²) >= 11 is 2.93. The van der Waals surface area contributed by atoms with Gasteiger partial charge in [0.05, 0.1) is 12.1 Å². The van der Waals surface area contributed by atoms with E-state index in [2.05, 4.69) is 95.5 Å². The molecule has 9 rings (SSSR count). The van der Waals surface area contributed by atoms with Gasteiger partial charge in [0.2, 0.25) is 11.6 Å². The van der Waals surface area contributed by atoms with Crippen LogP contribution < -0.4 is 55.4 Å². The van der Waals surface area contributed by atoms with E-state index in [1.54, 1.807) is 4.90 Å². The van der Waals surface area contributed by atoms with Crippen LogP contribution in [-0.2, 0) is 66.3 Å². The van der Waals surface area contributed by atoms with Crippen LogP contribution in [-0.4, -0.2) is 111 Å². The third-order valence-corrected chi connectivity index (χ3v) is 13.5. The van der Waals surface area contributed by atoms with Crippen LogP contribution in [0.1, 0.15) is 72.3 Å². The number of ether oxygens (including phenoxy) is 1. The third-order valence-electron chi connectivity index (χ3n) is 13.0. The fourth-order valence-electron chi connectivity index (χ4n) is 8.93. The van der Waals surface area contributed by atoms with E-state index in [0.29, 0.717) is 26.2 Å². The van der Waals surface area contributed by atoms with Crippen molar-refractivity contribution in [3.05, 3.63) is 173 Å². The first-order chi connectivity index (χ1) is 35.5. The summed E-state index contributed by atoms with van der Waals surface area (Å²) in [5, 5.41) is 21.3. The van der Waals surface area contributed by atoms with Gasteiger partial charge in [-0.3, -0.25) is 37.9 Å². The van der Waals surface area contributed by atoms with Gasteiger partial charge < -0.3 is 26.4 Å². The number of anilines is 2. The Morgan fingerprint density at radius 2 is 1.07 bits per heavy atom. The molecule has 3 aromatic carbocycles. The van der Waals surface area contributed by atoms with Crippen LogP contribution in [0.25, 0.3) is 0 Å². The molecule has 1 amide bonds. The fourth-order valence-corrected chi connectivity index (χ4v) is 9.44. The largest absolute Gasteiger partial charge is 0.444 e. The van der Waals surface area contributed by atoms with E-state index in [4.69, 9.17) is 10.5 Å². The zero-order chi connectivity index (χ0) is 54.9. The minimum atomic E-state index is -0.479. The van der Waals surface area contributed by atoms with Crippen LogP contribution in [0, 0.1) is 0 Å². The number of aryl methyl sites for hydroxylation is 3. The molecule has 0 saturated heterocycles. The van der Waals surface area contributed by atoms with Crippen LogP contribution in [0.4, 0.5) is 16.4 Å². The average molecular weight is 1100 g/mol. The maximum atomic E-state index is 12.2. The number of nitrogens with zero attached hydrogens (tertiary/aromatic N) is 11. The lowest BCUT2D eigenvalue weighted by molar-refractivity contribution is 0.0149. The number of halogens is 1. The van der Waals surface area contributed by atoms with E-state index >= 15 is 0 Å². The number of aromatic nitrogens is 9. The molecule has 3 aromatic heterocycles. The fraction of sp³-hybridized carbons (Fsp3) is 0.451. The Labute approximate surface area is 441 Å². The number of benzene rings is 3. The molecule has 0 bridgehead atoms. The number of fused-ring (bicyclic) bond motifs is 3. The van der Waals surface area contributed by atoms with Crippen LogP contribution in [0.15, 0.2) is 106 Å². The number of likely N-dealkylation sites (N-methyl/N-ethyl adjacent to an activating group) is 1. The molecule has 6 heterocycles. The van der Waals surface area contributed by atoms with Crippen molar-refractivity contribution in [2.75, 3.05) is 56.9 Å². The summed E-state index contributed by atoms with van der Waals surface area (Å²) in [6.45, 7) is 9.68. The van der Waals surface area contributed by atoms with Gasteiger partial charge in [0.15, 0.2) is 4.60 Å². The van der Waals surface area contributed by atoms with Gasteiger partial charge in [-0.1, -0.05) is 72.8 Å². The van der Waals surface area contributed by atoms with Gasteiger partial charge in [0, 0.05) is 81.1 Å². The smallest absolute Gasteiger partial charge is 0.410 e. The van der Waals surface area contributed by atoms with Crippen molar-refractivity contribution in [2.45, 2.75) is 63.8 Å². The molecule has 0 radical (unpaired) electrons. The molecule has 3 atom stereocenters. The Hall–Kier alpha value is -7.28. The topological polar surface area (TPSA) is 266 Å². The number of carbonyl (C=O) groups excluding carboxylic acids is 1. The van der Waals surface area contributed by atoms with Gasteiger partial charge in [-0.15, -0.1) is 10.2 Å². The number of carbonyl (C=O) groups is 1. The molecule has 75 heavy (non-hydrogen) atoms. The van der Waals surface area contributed by atoms with Crippen molar-refractivity contribution >= 4 is 33.7 Å². The molecule has 0 saturated carbocycles. The average Bonchev–Trinajstić information content (AvgIpc) is 3.39. The standard InChI is InChI=1S/C16H21N5O2.C15H19N5O2.C15H22N2O2.C5H6BrN3O2/c1-19-9-8-11-6-4-5-7-12(11)13(19)10-17-14-15(22)20(2)16(23)21(3)18-14;1-19-14(21)13(18-20(2)15(19)22)17-9-12-11-6-4-3-5-10(11)7-8-16-12;1-15(2,3)19-14(18)17-9-8-11-6-4-5-7-12(11)13(17)10-16;1-8-4(10)3(6)7-9(2)5(8)11/h4-7,13H,8-10H2,1-3H3,(H,17,18);3-6,12,16H,7-9H2,1-2H3,(H,17,18);4-7,13H,8-10,16H2,1-3H3;1-2H3. The maximum Gasteiger partial charge on any atom is 0.410 e. The van der Waals surface area contributed by atoms with E-state index in [9.17, 15) is 33.6 Å². The number of amides is 1. The normalized spacial score (nSPS) is 16.7. The van der Waals surface area contributed by atoms with Crippen molar-refractivity contribution in [3.8, 4) is 0 Å². The predicted octanol–water partition coefficient (Wildman–Crippen LogP) is 1.62. The molecule has 3 unspecified atom stereocenters. The first-order valence-corrected chi connectivity index (χ1v) is 25.2. The Morgan fingerprint density at radius 3 is 1.59 bits per heavy atom. The molecule has 402 valence electrons. The summed E-state index contributed by atoms with van der Waals surface area (Å²) < 4.78 is 12.1. The highest BCUT2D eigenvalue weighted by Crippen LogP contribution is 2.31. The van der Waals surface area contributed by atoms with Gasteiger partial charge >= 0.3 is 23.2 Å². The van der Waals surface area contributed by atoms with E-state index in [1.165, 1.54) is 74.8 Å². The van der Waals surface area contributed by atoms with Gasteiger partial charge in [-0.25, -0.2) is 33.2 Å². The highest BCUT2D eigenvalue weighted by Gasteiger charge is 2.33. The number of nitrogens with one attached hydrogen (secondary N) is 3. The minimum absolute atomic E-state index is 0.0835. The molecule has 0 spiro atoms. The Balaban J connectivity index is 0.000000167. The van der Waals surface area contributed by atoms with Crippen LogP contribution in [0.2, 0.25) is 0 Å². The molecular weight excluding hydrogens is 1030 g/mol. The van der Waals surface area contributed by atoms with Crippen molar-refractivity contribution in [3.63, 3.8) is 0 Å². The van der Waals surface area contributed by atoms with Crippen LogP contribution in [0.3, 0.4) is 0 Å². The van der Waals surface area contributed by atoms with E-state index in [1.807, 2.05) is 57.2 Å². The predicted molar refractivity (Wildman–Crippen MR) is 290 cm³/mol. The summed E-state index contributed by atoms with van der Waals surface area (Å²) in [4.78, 5) is 85.8. The molecule has 23 nitrogen and oxygen atoms in total. The highest BCUT2D eigenvalue weighted by atomic mass is 79.9. The zero-order valence-electron chi connectivity index (χ0n) is 44.2. The van der Waals surface area contributed by atoms with E-state index in [0.717, 1.165) is 61.0 Å². The zero-order valence-corrected chi connectivity index (χ0v) is 45.8. The second kappa shape index (κ2) is 24.8. The van der Waals surface area contributed by atoms with Gasteiger partial charge in [0.25, 0.3) is 16.7 Å². The van der Waals surface area contributed by atoms with Gasteiger partial charge in [-0.05, 0) is 103 Å². The molecule has 3 aliphatic heterocycles. The number of rotatable bonds is 7. The van der Waals surface area contributed by atoms with E-state index in [-0.39, 0.29) is 40.5 Å². The third kappa shape index (κ3) is 13.7. The summed E-state index contributed by atoms with van der Waals surface area (Å²) in [5.74, 6) is 0.389. The molecule has 6 aromatic rings. The number of hydrogen-bond donors (Lipinski definition) is 4. The summed E-state index contributed by atoms with van der Waals surface area (Å²) in [6.07, 6.45) is 2.61. The van der Waals surface area contributed by atoms with Crippen LogP contribution >= 0.6 is 15.9 Å². The summed E-state index contributed by atoms with van der Waals surface area (Å²) in [7, 11) is 10.9. The van der Waals surface area contributed by atoms with Crippen molar-refractivity contribution in [1.82, 2.24) is 58.2 Å². The van der Waals surface area contributed by atoms with Crippen LogP contribution in [0.5, 0.6) is 0 Å². The molecule has 5 N–H and O–H groups in total. The van der Waals surface area contributed by atoms with Gasteiger partial charge in [0.1, 0.15) is 5.60 Å². The van der Waals surface area contributed by atoms with Crippen molar-refractivity contribution < 1.29 is 9.53 Å². The molecular formula is C51H68BrN15O8. The molecule has 0 fully saturated rings. The summed E-state index contributed by atoms with van der Waals surface area (Å²) in [5.41, 5.74) is 10.5. The number of nitrogens with two attached hydrogens (primary N) is 1. The number of hydrogen-bond acceptors (Lipinski definition) is 16. The highest BCUT2D eigenvalue weighted by molar-refractivity contribution is 9.10. The molecule has 3 aliphatic rings. The molecule has 24 heteroatoms. The first-order valence-electron chi connectivity index (χ1n) is 24.5. The summed E-state index contributed by atoms with van der Waals surface area (Å²) in [6, 6.07) is 25.0. The second-order valence-electron chi connectivity index (χ2n) is 19.3.